The van der Waals surface area contributed by atoms with Crippen LogP contribution in [0.15, 0.2) is 36.4 Å². The van der Waals surface area contributed by atoms with Crippen molar-refractivity contribution in [3.05, 3.63) is 47.5 Å². The van der Waals surface area contributed by atoms with Gasteiger partial charge >= 0.3 is 0 Å². The zero-order valence-electron chi connectivity index (χ0n) is 10.6. The van der Waals surface area contributed by atoms with Crippen LogP contribution in [0.5, 0.6) is 0 Å². The summed E-state index contributed by atoms with van der Waals surface area (Å²) in [7, 11) is 0. The van der Waals surface area contributed by atoms with Crippen molar-refractivity contribution in [3.63, 3.8) is 0 Å². The van der Waals surface area contributed by atoms with Crippen molar-refractivity contribution >= 4 is 5.91 Å². The number of ether oxygens (including phenoxy) is 1. The zero-order valence-corrected chi connectivity index (χ0v) is 10.6. The maximum Gasteiger partial charge on any atom is 0.254 e. The number of amides is 1. The fourth-order valence-corrected chi connectivity index (χ4v) is 4.40. The summed E-state index contributed by atoms with van der Waals surface area (Å²) < 4.78 is 6.11. The fraction of sp³-hybridized carbons (Fsp3) is 0.438. The lowest BCUT2D eigenvalue weighted by molar-refractivity contribution is -0.0445. The SMILES string of the molecule is O=C1c2ccccc2C2CC3C[C@H]4C=C[C@]3(CN12)O4. The molecule has 2 unspecified atom stereocenters. The smallest absolute Gasteiger partial charge is 0.254 e. The van der Waals surface area contributed by atoms with E-state index >= 15 is 0 Å². The quantitative estimate of drug-likeness (QED) is 0.664. The molecule has 2 saturated heterocycles. The molecule has 0 saturated carbocycles. The van der Waals surface area contributed by atoms with Gasteiger partial charge in [-0.2, -0.15) is 0 Å². The molecule has 19 heavy (non-hydrogen) atoms. The molecule has 2 fully saturated rings. The summed E-state index contributed by atoms with van der Waals surface area (Å²) in [6, 6.07) is 8.33. The number of nitrogens with zero attached hydrogens (tertiary/aromatic N) is 1. The minimum atomic E-state index is -0.182. The summed E-state index contributed by atoms with van der Waals surface area (Å²) in [6.45, 7) is 0.725. The third kappa shape index (κ3) is 1.11. The monoisotopic (exact) mass is 253 g/mol. The van der Waals surface area contributed by atoms with Crippen LogP contribution in [0.1, 0.15) is 34.8 Å². The van der Waals surface area contributed by atoms with Crippen LogP contribution in [-0.4, -0.2) is 29.1 Å². The molecule has 1 amide bonds. The summed E-state index contributed by atoms with van der Waals surface area (Å²) in [5.41, 5.74) is 1.93. The van der Waals surface area contributed by atoms with Crippen LogP contribution in [0.25, 0.3) is 0 Å². The molecule has 1 spiro atoms. The molecule has 4 aliphatic rings. The number of benzene rings is 1. The number of hydrogen-bond acceptors (Lipinski definition) is 2. The first-order valence-electron chi connectivity index (χ1n) is 7.04. The van der Waals surface area contributed by atoms with Gasteiger partial charge in [-0.15, -0.1) is 0 Å². The molecule has 5 rings (SSSR count). The lowest BCUT2D eigenvalue weighted by Gasteiger charge is -2.43. The molecule has 3 nitrogen and oxygen atoms in total. The summed E-state index contributed by atoms with van der Waals surface area (Å²) in [5, 5.41) is 0. The first kappa shape index (κ1) is 10.2. The molecule has 4 atom stereocenters. The van der Waals surface area contributed by atoms with Crippen molar-refractivity contribution in [1.29, 1.82) is 0 Å². The van der Waals surface area contributed by atoms with Gasteiger partial charge in [0.05, 0.1) is 18.7 Å². The van der Waals surface area contributed by atoms with Crippen LogP contribution in [0.3, 0.4) is 0 Å². The van der Waals surface area contributed by atoms with Crippen LogP contribution < -0.4 is 0 Å². The van der Waals surface area contributed by atoms with E-state index in [0.717, 1.165) is 24.9 Å². The molecule has 1 aromatic rings. The lowest BCUT2D eigenvalue weighted by atomic mass is 9.75. The Hall–Kier alpha value is -1.61. The molecule has 3 heteroatoms. The second-order valence-electron chi connectivity index (χ2n) is 6.17. The van der Waals surface area contributed by atoms with E-state index in [1.54, 1.807) is 0 Å². The number of hydrogen-bond donors (Lipinski definition) is 0. The zero-order chi connectivity index (χ0) is 12.6. The highest BCUT2D eigenvalue weighted by atomic mass is 16.5. The van der Waals surface area contributed by atoms with Gasteiger partial charge < -0.3 is 9.64 Å². The number of rotatable bonds is 0. The maximum atomic E-state index is 12.5. The van der Waals surface area contributed by atoms with Crippen molar-refractivity contribution in [1.82, 2.24) is 4.90 Å². The predicted octanol–water partition coefficient (Wildman–Crippen LogP) is 2.30. The molecular formula is C16H15NO2. The van der Waals surface area contributed by atoms with Crippen LogP contribution in [0.2, 0.25) is 0 Å². The van der Waals surface area contributed by atoms with E-state index in [1.807, 2.05) is 23.1 Å². The Bertz CT molecular complexity index is 623. The van der Waals surface area contributed by atoms with E-state index < -0.39 is 0 Å². The Kier molecular flexibility index (Phi) is 1.67. The Labute approximate surface area is 111 Å². The van der Waals surface area contributed by atoms with Crippen molar-refractivity contribution < 1.29 is 9.53 Å². The molecule has 2 bridgehead atoms. The van der Waals surface area contributed by atoms with Gasteiger partial charge in [0.15, 0.2) is 0 Å². The topological polar surface area (TPSA) is 29.5 Å². The molecule has 4 heterocycles. The summed E-state index contributed by atoms with van der Waals surface area (Å²) in [6.07, 6.45) is 6.83. The molecule has 1 aromatic carbocycles. The number of carbonyl (C=O) groups is 1. The first-order valence-corrected chi connectivity index (χ1v) is 7.04. The first-order chi connectivity index (χ1) is 9.27. The van der Waals surface area contributed by atoms with Gasteiger partial charge in [-0.25, -0.2) is 0 Å². The van der Waals surface area contributed by atoms with Gasteiger partial charge in [0.25, 0.3) is 5.91 Å². The van der Waals surface area contributed by atoms with Crippen LogP contribution in [-0.2, 0) is 4.74 Å². The average molecular weight is 253 g/mol. The second kappa shape index (κ2) is 3.10. The van der Waals surface area contributed by atoms with E-state index in [2.05, 4.69) is 18.2 Å². The molecule has 0 radical (unpaired) electrons. The van der Waals surface area contributed by atoms with E-state index in [0.29, 0.717) is 5.92 Å². The summed E-state index contributed by atoms with van der Waals surface area (Å²) in [5.74, 6) is 0.753. The molecule has 0 aromatic heterocycles. The lowest BCUT2D eigenvalue weighted by Crippen LogP contribution is -2.51. The third-order valence-electron chi connectivity index (χ3n) is 5.28. The van der Waals surface area contributed by atoms with E-state index in [9.17, 15) is 4.79 Å². The molecule has 0 N–H and O–H groups in total. The fourth-order valence-electron chi connectivity index (χ4n) is 4.40. The largest absolute Gasteiger partial charge is 0.361 e. The average Bonchev–Trinajstić information content (AvgIpc) is 3.07. The molecular weight excluding hydrogens is 238 g/mol. The van der Waals surface area contributed by atoms with Crippen molar-refractivity contribution in [3.8, 4) is 0 Å². The highest BCUT2D eigenvalue weighted by molar-refractivity contribution is 5.99. The van der Waals surface area contributed by atoms with Crippen LogP contribution in [0, 0.1) is 5.92 Å². The van der Waals surface area contributed by atoms with Crippen molar-refractivity contribution in [2.75, 3.05) is 6.54 Å². The number of carbonyl (C=O) groups excluding carboxylic acids is 1. The van der Waals surface area contributed by atoms with Gasteiger partial charge in [-0.05, 0) is 30.4 Å². The Balaban J connectivity index is 1.61. The number of fused-ring (bicyclic) bond motifs is 4. The Morgan fingerprint density at radius 2 is 2.16 bits per heavy atom. The Morgan fingerprint density at radius 3 is 3.05 bits per heavy atom. The standard InChI is InChI=1S/C16H15NO2/c18-15-13-4-2-1-3-12(13)14-8-10-7-11-5-6-16(10,19-11)9-17(14)15/h1-6,10-11,14H,7-9H2/t10?,11-,14?,16-/m1/s1. The van der Waals surface area contributed by atoms with Crippen LogP contribution >= 0.6 is 0 Å². The second-order valence-corrected chi connectivity index (χ2v) is 6.17. The molecule has 0 aliphatic carbocycles. The van der Waals surface area contributed by atoms with E-state index in [1.165, 1.54) is 5.56 Å². The number of piperidine rings is 1. The minimum absolute atomic E-state index is 0.181. The maximum absolute atomic E-state index is 12.5. The minimum Gasteiger partial charge on any atom is -0.361 e. The van der Waals surface area contributed by atoms with E-state index in [-0.39, 0.29) is 23.7 Å². The highest BCUT2D eigenvalue weighted by Crippen LogP contribution is 2.54. The van der Waals surface area contributed by atoms with Gasteiger partial charge in [0, 0.05) is 5.56 Å². The van der Waals surface area contributed by atoms with Crippen LogP contribution in [0.4, 0.5) is 0 Å². The summed E-state index contributed by atoms with van der Waals surface area (Å²) >= 11 is 0. The van der Waals surface area contributed by atoms with Gasteiger partial charge in [-0.1, -0.05) is 30.4 Å². The molecule has 96 valence electrons. The third-order valence-corrected chi connectivity index (χ3v) is 5.28. The predicted molar refractivity (Wildman–Crippen MR) is 69.7 cm³/mol. The van der Waals surface area contributed by atoms with Crippen molar-refractivity contribution in [2.24, 2.45) is 5.92 Å². The van der Waals surface area contributed by atoms with Crippen molar-refractivity contribution in [2.45, 2.75) is 30.6 Å². The normalized spacial score (nSPS) is 41.4. The van der Waals surface area contributed by atoms with Gasteiger partial charge in [-0.3, -0.25) is 4.79 Å². The van der Waals surface area contributed by atoms with Gasteiger partial charge in [0.1, 0.15) is 5.60 Å². The van der Waals surface area contributed by atoms with E-state index in [4.69, 9.17) is 4.74 Å². The highest BCUT2D eigenvalue weighted by Gasteiger charge is 2.57. The van der Waals surface area contributed by atoms with Gasteiger partial charge in [0.2, 0.25) is 0 Å². The Morgan fingerprint density at radius 1 is 1.26 bits per heavy atom. The summed E-state index contributed by atoms with van der Waals surface area (Å²) in [4.78, 5) is 14.6. The molecule has 4 aliphatic heterocycles.